The van der Waals surface area contributed by atoms with Crippen molar-refractivity contribution >= 4 is 29.0 Å². The molecule has 0 unspecified atom stereocenters. The highest BCUT2D eigenvalue weighted by Crippen LogP contribution is 2.36. The van der Waals surface area contributed by atoms with Crippen molar-refractivity contribution in [3.63, 3.8) is 0 Å². The van der Waals surface area contributed by atoms with E-state index in [1.165, 1.54) is 18.5 Å². The third kappa shape index (κ3) is 5.32. The molecule has 2 N–H and O–H groups in total. The van der Waals surface area contributed by atoms with Gasteiger partial charge in [-0.05, 0) is 39.0 Å². The summed E-state index contributed by atoms with van der Waals surface area (Å²) in [7, 11) is 0. The number of hydrogen-bond acceptors (Lipinski definition) is 4. The summed E-state index contributed by atoms with van der Waals surface area (Å²) in [6.45, 7) is 5.75. The fourth-order valence-electron chi connectivity index (χ4n) is 1.95. The standard InChI is InChI=1S/C16H16ClF3N4O/c1-15(2,3)24-13-7-12(21-8-22-13)14(25)23-9-4-5-11(17)10(6-9)16(18,19)20/h4-8H,1-3H3,(H,23,25)(H,21,22,24). The van der Waals surface area contributed by atoms with E-state index in [2.05, 4.69) is 20.6 Å². The SMILES string of the molecule is CC(C)(C)Nc1cc(C(=O)Nc2ccc(Cl)c(C(F)(F)F)c2)ncn1. The van der Waals surface area contributed by atoms with Gasteiger partial charge in [-0.1, -0.05) is 11.6 Å². The highest BCUT2D eigenvalue weighted by molar-refractivity contribution is 6.31. The molecule has 5 nitrogen and oxygen atoms in total. The van der Waals surface area contributed by atoms with E-state index in [1.807, 2.05) is 20.8 Å². The van der Waals surface area contributed by atoms with Gasteiger partial charge in [0.05, 0.1) is 10.6 Å². The summed E-state index contributed by atoms with van der Waals surface area (Å²) in [5.41, 5.74) is -1.32. The van der Waals surface area contributed by atoms with Gasteiger partial charge in [-0.25, -0.2) is 9.97 Å². The van der Waals surface area contributed by atoms with Crippen LogP contribution in [0.2, 0.25) is 5.02 Å². The summed E-state index contributed by atoms with van der Waals surface area (Å²) in [6, 6.07) is 4.55. The fraction of sp³-hybridized carbons (Fsp3) is 0.312. The maximum atomic E-state index is 12.9. The Morgan fingerprint density at radius 2 is 1.80 bits per heavy atom. The molecular formula is C16H16ClF3N4O. The Morgan fingerprint density at radius 1 is 1.12 bits per heavy atom. The molecule has 1 amide bonds. The highest BCUT2D eigenvalue weighted by atomic mass is 35.5. The number of carbonyl (C=O) groups is 1. The number of nitrogens with zero attached hydrogens (tertiary/aromatic N) is 2. The van der Waals surface area contributed by atoms with Gasteiger partial charge in [-0.3, -0.25) is 4.79 Å². The van der Waals surface area contributed by atoms with Crippen molar-refractivity contribution in [2.75, 3.05) is 10.6 Å². The van der Waals surface area contributed by atoms with Crippen LogP contribution >= 0.6 is 11.6 Å². The number of hydrogen-bond donors (Lipinski definition) is 2. The lowest BCUT2D eigenvalue weighted by Crippen LogP contribution is -2.27. The molecular weight excluding hydrogens is 357 g/mol. The van der Waals surface area contributed by atoms with Crippen molar-refractivity contribution < 1.29 is 18.0 Å². The van der Waals surface area contributed by atoms with Gasteiger partial charge in [0.2, 0.25) is 0 Å². The van der Waals surface area contributed by atoms with Crippen molar-refractivity contribution in [2.24, 2.45) is 0 Å². The lowest BCUT2D eigenvalue weighted by molar-refractivity contribution is -0.137. The molecule has 0 saturated carbocycles. The van der Waals surface area contributed by atoms with Gasteiger partial charge in [0.25, 0.3) is 5.91 Å². The Balaban J connectivity index is 2.22. The first-order chi connectivity index (χ1) is 11.5. The van der Waals surface area contributed by atoms with Gasteiger partial charge in [0.1, 0.15) is 17.8 Å². The van der Waals surface area contributed by atoms with Crippen LogP contribution < -0.4 is 10.6 Å². The Morgan fingerprint density at radius 3 is 2.40 bits per heavy atom. The van der Waals surface area contributed by atoms with Crippen LogP contribution in [0.1, 0.15) is 36.8 Å². The van der Waals surface area contributed by atoms with Crippen LogP contribution in [0.25, 0.3) is 0 Å². The van der Waals surface area contributed by atoms with Gasteiger partial charge in [-0.2, -0.15) is 13.2 Å². The Bertz CT molecular complexity index is 788. The van der Waals surface area contributed by atoms with Crippen molar-refractivity contribution in [1.29, 1.82) is 0 Å². The zero-order chi connectivity index (χ0) is 18.8. The molecule has 9 heteroatoms. The van der Waals surface area contributed by atoms with Crippen LogP contribution in [0.3, 0.4) is 0 Å². The molecule has 0 aliphatic heterocycles. The number of rotatable bonds is 3. The minimum absolute atomic E-state index is 0.0188. The first-order valence-corrected chi connectivity index (χ1v) is 7.62. The van der Waals surface area contributed by atoms with E-state index >= 15 is 0 Å². The second-order valence-electron chi connectivity index (χ2n) is 6.31. The largest absolute Gasteiger partial charge is 0.417 e. The maximum absolute atomic E-state index is 12.9. The van der Waals surface area contributed by atoms with E-state index in [4.69, 9.17) is 11.6 Å². The zero-order valence-electron chi connectivity index (χ0n) is 13.7. The van der Waals surface area contributed by atoms with Crippen LogP contribution in [0.4, 0.5) is 24.7 Å². The van der Waals surface area contributed by atoms with Gasteiger partial charge >= 0.3 is 6.18 Å². The number of amides is 1. The first kappa shape index (κ1) is 19.0. The summed E-state index contributed by atoms with van der Waals surface area (Å²) < 4.78 is 38.6. The van der Waals surface area contributed by atoms with Gasteiger partial charge in [0.15, 0.2) is 0 Å². The second-order valence-corrected chi connectivity index (χ2v) is 6.72. The Kier molecular flexibility index (Phi) is 5.22. The van der Waals surface area contributed by atoms with Crippen molar-refractivity contribution in [2.45, 2.75) is 32.5 Å². The Labute approximate surface area is 147 Å². The molecule has 2 aromatic rings. The molecule has 134 valence electrons. The van der Waals surface area contributed by atoms with E-state index < -0.39 is 22.7 Å². The van der Waals surface area contributed by atoms with Gasteiger partial charge in [0, 0.05) is 17.3 Å². The number of nitrogens with one attached hydrogen (secondary N) is 2. The molecule has 0 saturated heterocycles. The van der Waals surface area contributed by atoms with Gasteiger partial charge < -0.3 is 10.6 Å². The van der Waals surface area contributed by atoms with E-state index in [9.17, 15) is 18.0 Å². The molecule has 2 rings (SSSR count). The van der Waals surface area contributed by atoms with E-state index in [0.717, 1.165) is 12.1 Å². The van der Waals surface area contributed by atoms with Crippen LogP contribution in [-0.2, 0) is 6.18 Å². The summed E-state index contributed by atoms with van der Waals surface area (Å²) in [5.74, 6) is -0.227. The highest BCUT2D eigenvalue weighted by Gasteiger charge is 2.33. The molecule has 1 aromatic heterocycles. The van der Waals surface area contributed by atoms with E-state index in [0.29, 0.717) is 5.82 Å². The Hall–Kier alpha value is -2.35. The van der Waals surface area contributed by atoms with Crippen LogP contribution in [0, 0.1) is 0 Å². The van der Waals surface area contributed by atoms with E-state index in [-0.39, 0.29) is 16.9 Å². The topological polar surface area (TPSA) is 66.9 Å². The minimum atomic E-state index is -4.61. The smallest absolute Gasteiger partial charge is 0.365 e. The quantitative estimate of drug-likeness (QED) is 0.825. The normalized spacial score (nSPS) is 12.0. The number of aromatic nitrogens is 2. The van der Waals surface area contributed by atoms with Crippen molar-refractivity contribution in [1.82, 2.24) is 9.97 Å². The molecule has 1 heterocycles. The molecule has 0 atom stereocenters. The van der Waals surface area contributed by atoms with Crippen LogP contribution in [0.15, 0.2) is 30.6 Å². The number of alkyl halides is 3. The molecule has 25 heavy (non-hydrogen) atoms. The monoisotopic (exact) mass is 372 g/mol. The lowest BCUT2D eigenvalue weighted by atomic mass is 10.1. The molecule has 1 aromatic carbocycles. The summed E-state index contributed by atoms with van der Waals surface area (Å²) in [5, 5.41) is 5.01. The molecule has 0 aliphatic rings. The predicted molar refractivity (Wildman–Crippen MR) is 89.8 cm³/mol. The molecule has 0 fully saturated rings. The number of anilines is 2. The minimum Gasteiger partial charge on any atom is -0.365 e. The molecule has 0 radical (unpaired) electrons. The van der Waals surface area contributed by atoms with Crippen LogP contribution in [0.5, 0.6) is 0 Å². The third-order valence-electron chi connectivity index (χ3n) is 2.93. The second kappa shape index (κ2) is 6.87. The molecule has 0 spiro atoms. The average molecular weight is 373 g/mol. The summed E-state index contributed by atoms with van der Waals surface area (Å²) >= 11 is 5.56. The van der Waals surface area contributed by atoms with Gasteiger partial charge in [-0.15, -0.1) is 0 Å². The maximum Gasteiger partial charge on any atom is 0.417 e. The summed E-state index contributed by atoms with van der Waals surface area (Å²) in [4.78, 5) is 20.1. The number of carbonyl (C=O) groups excluding carboxylic acids is 1. The zero-order valence-corrected chi connectivity index (χ0v) is 14.5. The predicted octanol–water partition coefficient (Wildman–Crippen LogP) is 4.61. The van der Waals surface area contributed by atoms with Crippen molar-refractivity contribution in [3.8, 4) is 0 Å². The third-order valence-corrected chi connectivity index (χ3v) is 3.26. The first-order valence-electron chi connectivity index (χ1n) is 7.24. The number of benzene rings is 1. The van der Waals surface area contributed by atoms with Crippen LogP contribution in [-0.4, -0.2) is 21.4 Å². The number of halogens is 4. The van der Waals surface area contributed by atoms with E-state index in [1.54, 1.807) is 0 Å². The lowest BCUT2D eigenvalue weighted by Gasteiger charge is -2.21. The average Bonchev–Trinajstić information content (AvgIpc) is 2.46. The summed E-state index contributed by atoms with van der Waals surface area (Å²) in [6.07, 6.45) is -3.41. The van der Waals surface area contributed by atoms with Crippen molar-refractivity contribution in [3.05, 3.63) is 46.9 Å². The molecule has 0 bridgehead atoms. The molecule has 0 aliphatic carbocycles. The fourth-order valence-corrected chi connectivity index (χ4v) is 2.17.